The summed E-state index contributed by atoms with van der Waals surface area (Å²) in [5.41, 5.74) is 6.22. The number of nitrogens with zero attached hydrogens (tertiary/aromatic N) is 1. The van der Waals surface area contributed by atoms with E-state index in [1.54, 1.807) is 25.1 Å². The molecule has 0 saturated carbocycles. The van der Waals surface area contributed by atoms with E-state index < -0.39 is 10.0 Å². The molecule has 2 aromatic rings. The first-order valence-electron chi connectivity index (χ1n) is 8.85. The molecule has 5 nitrogen and oxygen atoms in total. The largest absolute Gasteiger partial charge is 0.345 e. The summed E-state index contributed by atoms with van der Waals surface area (Å²) >= 11 is 0. The smallest absolute Gasteiger partial charge is 0.252 e. The zero-order valence-electron chi connectivity index (χ0n) is 17.0. The lowest BCUT2D eigenvalue weighted by atomic mass is 9.96. The summed E-state index contributed by atoms with van der Waals surface area (Å²) in [5, 5.41) is 3.04. The zero-order valence-corrected chi connectivity index (χ0v) is 17.9. The number of carbonyl (C=O) groups excluding carboxylic acids is 1. The van der Waals surface area contributed by atoms with Crippen molar-refractivity contribution in [2.45, 2.75) is 40.7 Å². The number of anilines is 1. The first kappa shape index (κ1) is 21.0. The van der Waals surface area contributed by atoms with Crippen molar-refractivity contribution < 1.29 is 13.2 Å². The molecule has 0 bridgehead atoms. The molecule has 2 aromatic carbocycles. The molecule has 1 amide bonds. The highest BCUT2D eigenvalue weighted by molar-refractivity contribution is 7.92. The van der Waals surface area contributed by atoms with Gasteiger partial charge >= 0.3 is 0 Å². The van der Waals surface area contributed by atoms with Gasteiger partial charge in [-0.25, -0.2) is 8.42 Å². The van der Waals surface area contributed by atoms with Crippen LogP contribution in [0.15, 0.2) is 30.3 Å². The van der Waals surface area contributed by atoms with E-state index in [-0.39, 0.29) is 11.9 Å². The van der Waals surface area contributed by atoms with Crippen molar-refractivity contribution in [1.29, 1.82) is 0 Å². The third-order valence-electron chi connectivity index (χ3n) is 5.08. The molecular formula is C21H28N2O3S. The molecule has 0 aliphatic carbocycles. The van der Waals surface area contributed by atoms with Crippen molar-refractivity contribution in [2.75, 3.05) is 17.6 Å². The number of hydrogen-bond donors (Lipinski definition) is 1. The molecule has 6 heteroatoms. The SMILES string of the molecule is Cc1cc(C)c([C@@H](C)NC(=O)c2cccc(N(C)S(C)(=O)=O)c2C)cc1C. The number of sulfonamides is 1. The third kappa shape index (κ3) is 4.50. The maximum Gasteiger partial charge on any atom is 0.252 e. The van der Waals surface area contributed by atoms with Crippen LogP contribution in [0.5, 0.6) is 0 Å². The van der Waals surface area contributed by atoms with Gasteiger partial charge in [-0.1, -0.05) is 18.2 Å². The van der Waals surface area contributed by atoms with Crippen LogP contribution in [0.3, 0.4) is 0 Å². The Hall–Kier alpha value is -2.34. The van der Waals surface area contributed by atoms with Crippen molar-refractivity contribution in [3.63, 3.8) is 0 Å². The molecule has 0 aliphatic rings. The lowest BCUT2D eigenvalue weighted by Crippen LogP contribution is -2.29. The molecule has 1 atom stereocenters. The van der Waals surface area contributed by atoms with Crippen molar-refractivity contribution in [3.8, 4) is 0 Å². The van der Waals surface area contributed by atoms with Crippen molar-refractivity contribution >= 4 is 21.6 Å². The Bertz CT molecular complexity index is 981. The predicted molar refractivity (Wildman–Crippen MR) is 111 cm³/mol. The van der Waals surface area contributed by atoms with Crippen LogP contribution in [-0.4, -0.2) is 27.6 Å². The van der Waals surface area contributed by atoms with Gasteiger partial charge in [0.05, 0.1) is 18.0 Å². The van der Waals surface area contributed by atoms with Crippen LogP contribution < -0.4 is 9.62 Å². The van der Waals surface area contributed by atoms with Gasteiger partial charge in [-0.2, -0.15) is 0 Å². The average molecular weight is 389 g/mol. The van der Waals surface area contributed by atoms with Gasteiger partial charge in [0.2, 0.25) is 10.0 Å². The van der Waals surface area contributed by atoms with Crippen LogP contribution >= 0.6 is 0 Å². The lowest BCUT2D eigenvalue weighted by Gasteiger charge is -2.22. The second-order valence-electron chi connectivity index (χ2n) is 7.17. The molecule has 0 heterocycles. The summed E-state index contributed by atoms with van der Waals surface area (Å²) in [4.78, 5) is 12.9. The Morgan fingerprint density at radius 3 is 2.22 bits per heavy atom. The Balaban J connectivity index is 2.33. The monoisotopic (exact) mass is 388 g/mol. The molecule has 0 aromatic heterocycles. The maximum atomic E-state index is 12.9. The Labute approximate surface area is 162 Å². The summed E-state index contributed by atoms with van der Waals surface area (Å²) in [6.45, 7) is 9.88. The van der Waals surface area contributed by atoms with E-state index in [0.717, 1.165) is 17.4 Å². The summed E-state index contributed by atoms with van der Waals surface area (Å²) in [6.07, 6.45) is 1.14. The molecule has 2 rings (SSSR count). The number of amides is 1. The van der Waals surface area contributed by atoms with Crippen molar-refractivity contribution in [1.82, 2.24) is 5.32 Å². The molecule has 0 unspecified atom stereocenters. The molecule has 0 radical (unpaired) electrons. The molecule has 146 valence electrons. The molecular weight excluding hydrogens is 360 g/mol. The minimum absolute atomic E-state index is 0.160. The highest BCUT2D eigenvalue weighted by Gasteiger charge is 2.20. The van der Waals surface area contributed by atoms with Gasteiger partial charge in [0.15, 0.2) is 0 Å². The normalized spacial score (nSPS) is 12.6. The number of aryl methyl sites for hydroxylation is 3. The van der Waals surface area contributed by atoms with Gasteiger partial charge < -0.3 is 5.32 Å². The lowest BCUT2D eigenvalue weighted by molar-refractivity contribution is 0.0939. The molecule has 1 N–H and O–H groups in total. The van der Waals surface area contributed by atoms with Crippen LogP contribution in [0, 0.1) is 27.7 Å². The minimum Gasteiger partial charge on any atom is -0.345 e. The molecule has 0 aliphatic heterocycles. The van der Waals surface area contributed by atoms with Gasteiger partial charge in [0.25, 0.3) is 5.91 Å². The van der Waals surface area contributed by atoms with E-state index in [1.807, 2.05) is 13.8 Å². The first-order chi connectivity index (χ1) is 12.4. The standard InChI is InChI=1S/C21H28N2O3S/c1-13-11-15(3)19(12-14(13)2)17(5)22-21(24)18-9-8-10-20(16(18)4)23(6)27(7,25)26/h8-12,17H,1-7H3,(H,22,24)/t17-/m1/s1. The highest BCUT2D eigenvalue weighted by Crippen LogP contribution is 2.26. The average Bonchev–Trinajstić information content (AvgIpc) is 2.56. The second-order valence-corrected chi connectivity index (χ2v) is 9.18. The summed E-state index contributed by atoms with van der Waals surface area (Å²) in [5.74, 6) is -0.221. The second kappa shape index (κ2) is 7.72. The Kier molecular flexibility index (Phi) is 6.00. The van der Waals surface area contributed by atoms with Crippen LogP contribution in [0.1, 0.15) is 51.1 Å². The van der Waals surface area contributed by atoms with Crippen molar-refractivity contribution in [2.24, 2.45) is 0 Å². The Morgan fingerprint density at radius 1 is 1.04 bits per heavy atom. The van der Waals surface area contributed by atoms with E-state index in [0.29, 0.717) is 16.8 Å². The molecule has 0 saturated heterocycles. The van der Waals surface area contributed by atoms with Crippen molar-refractivity contribution in [3.05, 3.63) is 63.7 Å². The van der Waals surface area contributed by atoms with E-state index in [4.69, 9.17) is 0 Å². The number of rotatable bonds is 5. The minimum atomic E-state index is -3.40. The molecule has 0 spiro atoms. The van der Waals surface area contributed by atoms with Crippen LogP contribution in [0.2, 0.25) is 0 Å². The summed E-state index contributed by atoms with van der Waals surface area (Å²) in [7, 11) is -1.91. The van der Waals surface area contributed by atoms with Crippen LogP contribution in [0.25, 0.3) is 0 Å². The van der Waals surface area contributed by atoms with E-state index in [1.165, 1.54) is 22.5 Å². The number of nitrogens with one attached hydrogen (secondary N) is 1. The van der Waals surface area contributed by atoms with Crippen LogP contribution in [-0.2, 0) is 10.0 Å². The fraction of sp³-hybridized carbons (Fsp3) is 0.381. The zero-order chi connectivity index (χ0) is 20.5. The highest BCUT2D eigenvalue weighted by atomic mass is 32.2. The fourth-order valence-electron chi connectivity index (χ4n) is 3.19. The molecule has 27 heavy (non-hydrogen) atoms. The van der Waals surface area contributed by atoms with Gasteiger partial charge in [-0.15, -0.1) is 0 Å². The van der Waals surface area contributed by atoms with Gasteiger partial charge in [-0.3, -0.25) is 9.10 Å². The van der Waals surface area contributed by atoms with E-state index >= 15 is 0 Å². The number of benzene rings is 2. The first-order valence-corrected chi connectivity index (χ1v) is 10.7. The van der Waals surface area contributed by atoms with E-state index in [9.17, 15) is 13.2 Å². The van der Waals surface area contributed by atoms with E-state index in [2.05, 4.69) is 31.3 Å². The topological polar surface area (TPSA) is 66.5 Å². The quantitative estimate of drug-likeness (QED) is 0.847. The predicted octanol–water partition coefficient (Wildman–Crippen LogP) is 3.81. The number of hydrogen-bond acceptors (Lipinski definition) is 3. The van der Waals surface area contributed by atoms with Gasteiger partial charge in [0.1, 0.15) is 0 Å². The summed E-state index contributed by atoms with van der Waals surface area (Å²) < 4.78 is 24.9. The Morgan fingerprint density at radius 2 is 1.63 bits per heavy atom. The number of carbonyl (C=O) groups is 1. The van der Waals surface area contributed by atoms with Gasteiger partial charge in [0, 0.05) is 12.6 Å². The maximum absolute atomic E-state index is 12.9. The summed E-state index contributed by atoms with van der Waals surface area (Å²) in [6, 6.07) is 9.18. The van der Waals surface area contributed by atoms with Gasteiger partial charge in [-0.05, 0) is 74.6 Å². The third-order valence-corrected chi connectivity index (χ3v) is 6.27. The fourth-order valence-corrected chi connectivity index (χ4v) is 3.75. The molecule has 0 fully saturated rings. The van der Waals surface area contributed by atoms with Crippen LogP contribution in [0.4, 0.5) is 5.69 Å².